The number of piperazine rings is 1. The summed E-state index contributed by atoms with van der Waals surface area (Å²) < 4.78 is 0. The lowest BCUT2D eigenvalue weighted by molar-refractivity contribution is -0.854. The lowest BCUT2D eigenvalue weighted by Crippen LogP contribution is -3.10. The molecule has 1 heterocycles. The number of quaternary nitrogens is 1. The molecule has 0 bridgehead atoms. The van der Waals surface area contributed by atoms with Crippen molar-refractivity contribution in [2.45, 2.75) is 0 Å². The van der Waals surface area contributed by atoms with Crippen molar-refractivity contribution in [3.63, 3.8) is 0 Å². The molecule has 14 heavy (non-hydrogen) atoms. The van der Waals surface area contributed by atoms with Gasteiger partial charge in [-0.2, -0.15) is 7.05 Å². The maximum absolute atomic E-state index is 5.95. The lowest BCUT2D eigenvalue weighted by atomic mass is 10.2. The van der Waals surface area contributed by atoms with Crippen LogP contribution >= 0.6 is 11.6 Å². The van der Waals surface area contributed by atoms with Crippen molar-refractivity contribution < 1.29 is 4.90 Å². The van der Waals surface area contributed by atoms with Crippen molar-refractivity contribution in [3.8, 4) is 0 Å². The van der Waals surface area contributed by atoms with Gasteiger partial charge in [-0.25, -0.2) is 0 Å². The molecular weight excluding hydrogens is 196 g/mol. The third-order valence-electron chi connectivity index (χ3n) is 2.64. The van der Waals surface area contributed by atoms with E-state index in [9.17, 15) is 0 Å². The quantitative estimate of drug-likeness (QED) is 0.675. The highest BCUT2D eigenvalue weighted by Gasteiger charge is 2.14. The highest BCUT2D eigenvalue weighted by Crippen LogP contribution is 2.18. The second-order valence-electron chi connectivity index (χ2n) is 3.72. The zero-order valence-corrected chi connectivity index (χ0v) is 8.93. The van der Waals surface area contributed by atoms with E-state index in [0.717, 1.165) is 31.2 Å². The van der Waals surface area contributed by atoms with E-state index in [1.165, 1.54) is 10.6 Å². The van der Waals surface area contributed by atoms with Gasteiger partial charge in [0.15, 0.2) is 0 Å². The molecule has 0 unspecified atom stereocenters. The Balaban J connectivity index is 2.08. The number of hydrogen-bond acceptors (Lipinski definition) is 1. The first-order chi connectivity index (χ1) is 6.75. The van der Waals surface area contributed by atoms with Crippen molar-refractivity contribution in [1.82, 2.24) is 0 Å². The van der Waals surface area contributed by atoms with E-state index in [1.807, 2.05) is 18.2 Å². The molecule has 76 valence electrons. The molecule has 0 spiro atoms. The Kier molecular flexibility index (Phi) is 2.94. The van der Waals surface area contributed by atoms with Gasteiger partial charge in [0.25, 0.3) is 0 Å². The van der Waals surface area contributed by atoms with Crippen molar-refractivity contribution in [2.75, 3.05) is 31.1 Å². The summed E-state index contributed by atoms with van der Waals surface area (Å²) in [7, 11) is 4.01. The van der Waals surface area contributed by atoms with Gasteiger partial charge in [0.05, 0.1) is 26.2 Å². The van der Waals surface area contributed by atoms with Crippen LogP contribution in [-0.2, 0) is 0 Å². The molecule has 0 atom stereocenters. The van der Waals surface area contributed by atoms with Crippen molar-refractivity contribution in [1.29, 1.82) is 0 Å². The highest BCUT2D eigenvalue weighted by molar-refractivity contribution is 6.30. The number of nitrogens with one attached hydrogen (secondary N) is 1. The fourth-order valence-electron chi connectivity index (χ4n) is 1.75. The Bertz CT molecular complexity index is 306. The van der Waals surface area contributed by atoms with Gasteiger partial charge in [-0.3, -0.25) is 0 Å². The average Bonchev–Trinajstić information content (AvgIpc) is 2.19. The topological polar surface area (TPSA) is 7.68 Å². The van der Waals surface area contributed by atoms with Crippen molar-refractivity contribution >= 4 is 17.3 Å². The van der Waals surface area contributed by atoms with Crippen LogP contribution < -0.4 is 9.80 Å². The maximum Gasteiger partial charge on any atom is 0.0709 e. The van der Waals surface area contributed by atoms with Crippen LogP contribution in [-0.4, -0.2) is 26.2 Å². The van der Waals surface area contributed by atoms with E-state index in [-0.39, 0.29) is 0 Å². The van der Waals surface area contributed by atoms with E-state index in [0.29, 0.717) is 0 Å². The molecule has 1 N–H and O–H groups in total. The minimum atomic E-state index is 0.812. The summed E-state index contributed by atoms with van der Waals surface area (Å²) in [5, 5.41) is 0.812. The number of anilines is 1. The first-order valence-corrected chi connectivity index (χ1v) is 5.31. The molecule has 1 saturated heterocycles. The van der Waals surface area contributed by atoms with Crippen LogP contribution in [0.1, 0.15) is 0 Å². The molecule has 1 aliphatic heterocycles. The molecule has 0 saturated carbocycles. The first kappa shape index (κ1) is 9.81. The van der Waals surface area contributed by atoms with Crippen LogP contribution in [0.25, 0.3) is 0 Å². The molecule has 1 fully saturated rings. The maximum atomic E-state index is 5.95. The Morgan fingerprint density at radius 2 is 2.00 bits per heavy atom. The molecule has 2 rings (SSSR count). The smallest absolute Gasteiger partial charge is 0.0709 e. The minimum Gasteiger partial charge on any atom is -0.465 e. The fourth-order valence-corrected chi connectivity index (χ4v) is 1.94. The van der Waals surface area contributed by atoms with Crippen LogP contribution in [0.15, 0.2) is 24.3 Å². The van der Waals surface area contributed by atoms with Crippen molar-refractivity contribution in [2.24, 2.45) is 0 Å². The van der Waals surface area contributed by atoms with E-state index in [1.54, 1.807) is 0 Å². The summed E-state index contributed by atoms with van der Waals surface area (Å²) in [6.45, 7) is 4.34. The highest BCUT2D eigenvalue weighted by atomic mass is 35.5. The summed E-state index contributed by atoms with van der Waals surface area (Å²) in [6, 6.07) is 8.05. The molecule has 1 aromatic rings. The molecule has 0 amide bonds. The summed E-state index contributed by atoms with van der Waals surface area (Å²) in [5.74, 6) is 0. The van der Waals surface area contributed by atoms with Gasteiger partial charge in [-0.15, -0.1) is 0 Å². The standard InChI is InChI=1S/C11H15ClN2/c1-13-5-7-14(8-6-13)11-4-2-3-10(12)9-11/h2-4,9,13H,1,5-8H2. The van der Waals surface area contributed by atoms with Gasteiger partial charge in [0.2, 0.25) is 0 Å². The van der Waals surface area contributed by atoms with E-state index in [2.05, 4.69) is 18.0 Å². The van der Waals surface area contributed by atoms with Crippen LogP contribution in [0.3, 0.4) is 0 Å². The number of hydrogen-bond donors (Lipinski definition) is 1. The van der Waals surface area contributed by atoms with E-state index < -0.39 is 0 Å². The minimum absolute atomic E-state index is 0.812. The van der Waals surface area contributed by atoms with E-state index >= 15 is 0 Å². The van der Waals surface area contributed by atoms with Gasteiger partial charge in [0, 0.05) is 10.7 Å². The molecule has 2 nitrogen and oxygen atoms in total. The fraction of sp³-hybridized carbons (Fsp3) is 0.364. The Labute approximate surface area is 90.1 Å². The molecule has 0 radical (unpaired) electrons. The zero-order valence-electron chi connectivity index (χ0n) is 8.17. The lowest BCUT2D eigenvalue weighted by Gasteiger charge is -2.35. The predicted molar refractivity (Wildman–Crippen MR) is 59.7 cm³/mol. The third-order valence-corrected chi connectivity index (χ3v) is 2.88. The number of halogens is 1. The SMILES string of the molecule is [CH2-][NH+]1CCN(c2cccc(Cl)c2)CC1. The summed E-state index contributed by atoms with van der Waals surface area (Å²) in [5.41, 5.74) is 1.23. The van der Waals surface area contributed by atoms with Crippen LogP contribution in [0.5, 0.6) is 0 Å². The normalized spacial score (nSPS) is 18.6. The van der Waals surface area contributed by atoms with E-state index in [4.69, 9.17) is 11.6 Å². The zero-order chi connectivity index (χ0) is 9.97. The largest absolute Gasteiger partial charge is 0.465 e. The summed E-state index contributed by atoms with van der Waals surface area (Å²) in [6.07, 6.45) is 0. The number of benzene rings is 1. The molecule has 1 aromatic carbocycles. The monoisotopic (exact) mass is 210 g/mol. The molecule has 1 aliphatic rings. The number of rotatable bonds is 1. The first-order valence-electron chi connectivity index (χ1n) is 4.93. The Morgan fingerprint density at radius 1 is 1.29 bits per heavy atom. The van der Waals surface area contributed by atoms with Gasteiger partial charge in [0.1, 0.15) is 0 Å². The molecule has 0 aromatic heterocycles. The average molecular weight is 211 g/mol. The van der Waals surface area contributed by atoms with Crippen LogP contribution in [0.2, 0.25) is 5.02 Å². The second kappa shape index (κ2) is 4.20. The third kappa shape index (κ3) is 2.20. The van der Waals surface area contributed by atoms with Crippen LogP contribution in [0, 0.1) is 7.05 Å². The Hall–Kier alpha value is -0.730. The van der Waals surface area contributed by atoms with Gasteiger partial charge < -0.3 is 9.80 Å². The summed E-state index contributed by atoms with van der Waals surface area (Å²) >= 11 is 5.95. The molecular formula is C11H15ClN2. The predicted octanol–water partition coefficient (Wildman–Crippen LogP) is 0.836. The van der Waals surface area contributed by atoms with Crippen molar-refractivity contribution in [3.05, 3.63) is 36.3 Å². The van der Waals surface area contributed by atoms with Gasteiger partial charge in [-0.05, 0) is 18.2 Å². The van der Waals surface area contributed by atoms with Gasteiger partial charge in [-0.1, -0.05) is 17.7 Å². The summed E-state index contributed by atoms with van der Waals surface area (Å²) in [4.78, 5) is 3.73. The van der Waals surface area contributed by atoms with Gasteiger partial charge >= 0.3 is 0 Å². The Morgan fingerprint density at radius 3 is 2.64 bits per heavy atom. The second-order valence-corrected chi connectivity index (χ2v) is 4.15. The van der Waals surface area contributed by atoms with Crippen LogP contribution in [0.4, 0.5) is 5.69 Å². The molecule has 3 heteroatoms. The number of nitrogens with zero attached hydrogens (tertiary/aromatic N) is 1. The molecule has 0 aliphatic carbocycles.